The Labute approximate surface area is 153 Å². The van der Waals surface area contributed by atoms with Gasteiger partial charge in [-0.25, -0.2) is 26.6 Å². The van der Waals surface area contributed by atoms with Crippen molar-refractivity contribution in [2.24, 2.45) is 15.7 Å². The molecule has 0 bridgehead atoms. The minimum atomic E-state index is -3.51. The molecular formula is C13H21FN4O6S2. The zero-order valence-electron chi connectivity index (χ0n) is 14.8. The number of hydrogen-bond acceptors (Lipinski definition) is 8. The summed E-state index contributed by atoms with van der Waals surface area (Å²) in [4.78, 5) is 18.9. The first-order valence-electron chi connectivity index (χ1n) is 6.91. The highest BCUT2D eigenvalue weighted by molar-refractivity contribution is 7.91. The molecule has 0 rings (SSSR count). The van der Waals surface area contributed by atoms with E-state index in [-0.39, 0.29) is 5.70 Å². The molecule has 0 aliphatic heterocycles. The standard InChI is InChI=1S/C13H21FN4O6S2/c1-7(18(6)12(19)24-13(3,4)5)9(15)10(14)17-11(26(22)23)16-8(2)25(20)21/h25-26H,1,15H2,2-6H3/b10-9-,16-8+,17-11+. The van der Waals surface area contributed by atoms with Crippen molar-refractivity contribution >= 4 is 37.7 Å². The highest BCUT2D eigenvalue weighted by atomic mass is 32.2. The summed E-state index contributed by atoms with van der Waals surface area (Å²) in [5, 5.41) is -1.70. The van der Waals surface area contributed by atoms with E-state index in [1.807, 2.05) is 0 Å². The number of halogens is 1. The molecule has 13 heteroatoms. The molecule has 0 spiro atoms. The Kier molecular flexibility index (Phi) is 8.60. The number of hydrogen-bond donors (Lipinski definition) is 3. The number of aliphatic imine (C=N–C) groups is 2. The number of amidine groups is 1. The number of thiol groups is 2. The lowest BCUT2D eigenvalue weighted by atomic mass is 10.2. The predicted octanol–water partition coefficient (Wildman–Crippen LogP) is 0.461. The van der Waals surface area contributed by atoms with Crippen molar-refractivity contribution in [2.45, 2.75) is 33.3 Å². The Balaban J connectivity index is 5.79. The van der Waals surface area contributed by atoms with E-state index in [1.165, 1.54) is 7.05 Å². The molecule has 0 atom stereocenters. The van der Waals surface area contributed by atoms with Crippen LogP contribution in [0.5, 0.6) is 0 Å². The first kappa shape index (κ1) is 23.7. The van der Waals surface area contributed by atoms with Gasteiger partial charge in [0.15, 0.2) is 10.7 Å². The van der Waals surface area contributed by atoms with Crippen molar-refractivity contribution in [3.63, 3.8) is 0 Å². The van der Waals surface area contributed by atoms with Gasteiger partial charge in [0.05, 0.1) is 5.70 Å². The van der Waals surface area contributed by atoms with Crippen LogP contribution in [-0.2, 0) is 26.1 Å². The average molecular weight is 412 g/mol. The fourth-order valence-corrected chi connectivity index (χ4v) is 1.84. The Bertz CT molecular complexity index is 818. The molecule has 1 amide bonds. The molecule has 0 aliphatic carbocycles. The van der Waals surface area contributed by atoms with E-state index in [0.29, 0.717) is 0 Å². The van der Waals surface area contributed by atoms with Gasteiger partial charge in [-0.3, -0.25) is 4.90 Å². The lowest BCUT2D eigenvalue weighted by molar-refractivity contribution is 0.0357. The first-order valence-corrected chi connectivity index (χ1v) is 9.26. The molecule has 10 nitrogen and oxygen atoms in total. The van der Waals surface area contributed by atoms with Gasteiger partial charge in [0.25, 0.3) is 0 Å². The fourth-order valence-electron chi connectivity index (χ4n) is 1.18. The van der Waals surface area contributed by atoms with Crippen molar-refractivity contribution in [1.82, 2.24) is 4.90 Å². The molecule has 0 unspecified atom stereocenters. The third-order valence-corrected chi connectivity index (χ3v) is 3.65. The molecule has 0 aromatic rings. The van der Waals surface area contributed by atoms with Crippen LogP contribution in [0, 0.1) is 0 Å². The van der Waals surface area contributed by atoms with E-state index in [2.05, 4.69) is 16.6 Å². The van der Waals surface area contributed by atoms with Gasteiger partial charge in [0, 0.05) is 7.05 Å². The van der Waals surface area contributed by atoms with Crippen molar-refractivity contribution < 1.29 is 30.8 Å². The summed E-state index contributed by atoms with van der Waals surface area (Å²) in [6.45, 7) is 9.26. The van der Waals surface area contributed by atoms with E-state index in [1.54, 1.807) is 20.8 Å². The van der Waals surface area contributed by atoms with Gasteiger partial charge in [-0.15, -0.1) is 0 Å². The number of carbonyl (C=O) groups excluding carboxylic acids is 1. The number of nitrogens with two attached hydrogens (primary N) is 1. The number of amides is 1. The van der Waals surface area contributed by atoms with Gasteiger partial charge in [-0.1, -0.05) is 6.58 Å². The van der Waals surface area contributed by atoms with Gasteiger partial charge in [0.2, 0.25) is 21.8 Å². The SMILES string of the molecule is C=C(/C(N)=C(F)/N=C(\N=C(/C)[SH](=O)=O)[SH](=O)=O)N(C)C(=O)OC(C)(C)C. The smallest absolute Gasteiger partial charge is 0.414 e. The summed E-state index contributed by atoms with van der Waals surface area (Å²) in [5.41, 5.74) is 3.56. The Morgan fingerprint density at radius 2 is 1.65 bits per heavy atom. The molecule has 0 heterocycles. The Morgan fingerprint density at radius 1 is 1.15 bits per heavy atom. The summed E-state index contributed by atoms with van der Waals surface area (Å²) in [6, 6.07) is 0. The van der Waals surface area contributed by atoms with Crippen LogP contribution in [0.3, 0.4) is 0 Å². The molecule has 26 heavy (non-hydrogen) atoms. The summed E-state index contributed by atoms with van der Waals surface area (Å²) in [7, 11) is -5.46. The molecule has 0 radical (unpaired) electrons. The maximum Gasteiger partial charge on any atom is 0.414 e. The van der Waals surface area contributed by atoms with Crippen LogP contribution in [0.2, 0.25) is 0 Å². The van der Waals surface area contributed by atoms with E-state index in [4.69, 9.17) is 10.5 Å². The van der Waals surface area contributed by atoms with Crippen LogP contribution in [0.25, 0.3) is 0 Å². The van der Waals surface area contributed by atoms with Gasteiger partial charge in [-0.2, -0.15) is 9.38 Å². The third-order valence-electron chi connectivity index (χ3n) is 2.49. The average Bonchev–Trinajstić information content (AvgIpc) is 2.49. The second kappa shape index (κ2) is 9.43. The van der Waals surface area contributed by atoms with Crippen LogP contribution in [0.4, 0.5) is 9.18 Å². The Morgan fingerprint density at radius 3 is 2.04 bits per heavy atom. The van der Waals surface area contributed by atoms with Crippen molar-refractivity contribution in [1.29, 1.82) is 0 Å². The Hall–Kier alpha value is -2.28. The van der Waals surface area contributed by atoms with Crippen molar-refractivity contribution in [2.75, 3.05) is 7.05 Å². The van der Waals surface area contributed by atoms with Gasteiger partial charge < -0.3 is 10.5 Å². The topological polar surface area (TPSA) is 149 Å². The molecule has 0 saturated carbocycles. The molecule has 0 saturated heterocycles. The van der Waals surface area contributed by atoms with E-state index in [9.17, 15) is 26.0 Å². The molecule has 0 aliphatic rings. The number of likely N-dealkylation sites (N-methyl/N-ethyl adjacent to an activating group) is 1. The van der Waals surface area contributed by atoms with Crippen LogP contribution < -0.4 is 5.73 Å². The van der Waals surface area contributed by atoms with E-state index >= 15 is 0 Å². The van der Waals surface area contributed by atoms with Crippen LogP contribution in [-0.4, -0.2) is 50.7 Å². The second-order valence-electron chi connectivity index (χ2n) is 5.78. The summed E-state index contributed by atoms with van der Waals surface area (Å²) in [6.07, 6.45) is -0.880. The maximum atomic E-state index is 14.1. The largest absolute Gasteiger partial charge is 0.443 e. The normalized spacial score (nSPS) is 14.3. The number of rotatable bonds is 3. The fraction of sp³-hybridized carbons (Fsp3) is 0.462. The van der Waals surface area contributed by atoms with Crippen molar-refractivity contribution in [3.8, 4) is 0 Å². The maximum absolute atomic E-state index is 14.1. The molecular weight excluding hydrogens is 391 g/mol. The number of ether oxygens (including phenoxy) is 1. The van der Waals surface area contributed by atoms with Crippen LogP contribution in [0.1, 0.15) is 27.7 Å². The monoisotopic (exact) mass is 412 g/mol. The second-order valence-corrected chi connectivity index (χ2v) is 7.85. The highest BCUT2D eigenvalue weighted by Gasteiger charge is 2.23. The quantitative estimate of drug-likeness (QED) is 0.200. The van der Waals surface area contributed by atoms with Gasteiger partial charge >= 0.3 is 6.09 Å². The summed E-state index contributed by atoms with van der Waals surface area (Å²) < 4.78 is 62.7. The zero-order chi connectivity index (χ0) is 20.8. The highest BCUT2D eigenvalue weighted by Crippen LogP contribution is 2.17. The number of nitrogens with zero attached hydrogens (tertiary/aromatic N) is 3. The van der Waals surface area contributed by atoms with Crippen LogP contribution in [0.15, 0.2) is 33.9 Å². The zero-order valence-corrected chi connectivity index (χ0v) is 16.6. The predicted molar refractivity (Wildman–Crippen MR) is 96.6 cm³/mol. The molecule has 0 aromatic heterocycles. The minimum Gasteiger partial charge on any atom is -0.443 e. The van der Waals surface area contributed by atoms with Gasteiger partial charge in [-0.05, 0) is 27.7 Å². The summed E-state index contributed by atoms with van der Waals surface area (Å²) >= 11 is 0. The van der Waals surface area contributed by atoms with Gasteiger partial charge in [0.1, 0.15) is 16.3 Å². The molecule has 0 aromatic carbocycles. The van der Waals surface area contributed by atoms with Crippen molar-refractivity contribution in [3.05, 3.63) is 23.9 Å². The van der Waals surface area contributed by atoms with E-state index in [0.717, 1.165) is 11.8 Å². The molecule has 148 valence electrons. The number of carbonyl (C=O) groups is 1. The minimum absolute atomic E-state index is 0.350. The third kappa shape index (κ3) is 7.74. The molecule has 0 fully saturated rings. The molecule has 2 N–H and O–H groups in total. The van der Waals surface area contributed by atoms with Crippen LogP contribution >= 0.6 is 0 Å². The summed E-state index contributed by atoms with van der Waals surface area (Å²) in [5.74, 6) is -1.52. The lowest BCUT2D eigenvalue weighted by Gasteiger charge is -2.25. The van der Waals surface area contributed by atoms with E-state index < -0.39 is 55.0 Å². The lowest BCUT2D eigenvalue weighted by Crippen LogP contribution is -2.34. The first-order chi connectivity index (χ1) is 11.7.